The molecule has 32 heavy (non-hydrogen) atoms. The average Bonchev–Trinajstić information content (AvgIpc) is 3.05. The molecular formula is C21H18F3N5O3. The largest absolute Gasteiger partial charge is 0.439 e. The predicted molar refractivity (Wildman–Crippen MR) is 112 cm³/mol. The summed E-state index contributed by atoms with van der Waals surface area (Å²) < 4.78 is 46.1. The molecule has 0 aliphatic rings. The van der Waals surface area contributed by atoms with Crippen molar-refractivity contribution in [3.63, 3.8) is 0 Å². The summed E-state index contributed by atoms with van der Waals surface area (Å²) in [6.45, 7) is 3.08. The van der Waals surface area contributed by atoms with Gasteiger partial charge in [0.05, 0.1) is 11.7 Å². The molecule has 0 amide bonds. The minimum Gasteiger partial charge on any atom is -0.406 e. The van der Waals surface area contributed by atoms with Crippen LogP contribution in [0.2, 0.25) is 0 Å². The highest BCUT2D eigenvalue weighted by atomic mass is 19.4. The maximum absolute atomic E-state index is 13.3. The van der Waals surface area contributed by atoms with Gasteiger partial charge < -0.3 is 14.8 Å². The zero-order valence-electron chi connectivity index (χ0n) is 16.9. The Balaban J connectivity index is 1.68. The Labute approximate surface area is 179 Å². The lowest BCUT2D eigenvalue weighted by Crippen LogP contribution is -2.23. The van der Waals surface area contributed by atoms with E-state index in [0.717, 1.165) is 12.1 Å². The molecule has 2 aromatic heterocycles. The standard InChI is InChI=1S/C21H18F3N5O3/c1-11-10-25-19(26-15-8-13(12(2)30)7-14(9-15)21(22,23)24)27-18(11)28-29-16-5-3-4-6-17(16)32-20(29)31/h3-10,12,30H,1-2H3,(H2,25,26,27,28). The van der Waals surface area contributed by atoms with Crippen molar-refractivity contribution in [2.45, 2.75) is 26.1 Å². The lowest BCUT2D eigenvalue weighted by molar-refractivity contribution is -0.137. The highest BCUT2D eigenvalue weighted by Crippen LogP contribution is 2.34. The van der Waals surface area contributed by atoms with Crippen LogP contribution in [0.25, 0.3) is 11.1 Å². The minimum absolute atomic E-state index is 0.00480. The van der Waals surface area contributed by atoms with E-state index in [4.69, 9.17) is 4.42 Å². The van der Waals surface area contributed by atoms with Crippen molar-refractivity contribution in [2.75, 3.05) is 10.7 Å². The smallest absolute Gasteiger partial charge is 0.406 e. The van der Waals surface area contributed by atoms with Crippen LogP contribution in [0.15, 0.2) is 57.9 Å². The Morgan fingerprint density at radius 3 is 2.66 bits per heavy atom. The Morgan fingerprint density at radius 1 is 1.19 bits per heavy atom. The monoisotopic (exact) mass is 445 g/mol. The number of oxazole rings is 1. The van der Waals surface area contributed by atoms with Crippen molar-refractivity contribution in [2.24, 2.45) is 0 Å². The van der Waals surface area contributed by atoms with E-state index in [2.05, 4.69) is 20.7 Å². The van der Waals surface area contributed by atoms with Gasteiger partial charge in [-0.05, 0) is 49.7 Å². The topological polar surface area (TPSA) is 105 Å². The van der Waals surface area contributed by atoms with E-state index in [1.807, 2.05) is 0 Å². The molecule has 2 heterocycles. The normalized spacial score (nSPS) is 12.7. The Morgan fingerprint density at radius 2 is 1.94 bits per heavy atom. The SMILES string of the molecule is Cc1cnc(Nc2cc(C(C)O)cc(C(F)(F)F)c2)nc1Nn1c(=O)oc2ccccc21. The first kappa shape index (κ1) is 21.4. The average molecular weight is 445 g/mol. The second kappa shape index (κ2) is 8.00. The van der Waals surface area contributed by atoms with Crippen LogP contribution in [0, 0.1) is 6.92 Å². The predicted octanol–water partition coefficient (Wildman–Crippen LogP) is 4.38. The molecule has 4 aromatic rings. The van der Waals surface area contributed by atoms with E-state index < -0.39 is 23.6 Å². The van der Waals surface area contributed by atoms with Crippen molar-refractivity contribution < 1.29 is 22.7 Å². The van der Waals surface area contributed by atoms with E-state index in [-0.39, 0.29) is 23.0 Å². The highest BCUT2D eigenvalue weighted by Gasteiger charge is 2.31. The maximum atomic E-state index is 13.3. The molecule has 0 saturated carbocycles. The Kier molecular flexibility index (Phi) is 5.35. The summed E-state index contributed by atoms with van der Waals surface area (Å²) in [6.07, 6.45) is -4.24. The van der Waals surface area contributed by atoms with Crippen LogP contribution < -0.4 is 16.5 Å². The Hall–Kier alpha value is -3.86. The van der Waals surface area contributed by atoms with Gasteiger partial charge in [-0.2, -0.15) is 22.8 Å². The number of rotatable bonds is 5. The molecule has 0 bridgehead atoms. The fourth-order valence-corrected chi connectivity index (χ4v) is 3.05. The second-order valence-corrected chi connectivity index (χ2v) is 7.15. The third-order valence-corrected chi connectivity index (χ3v) is 4.70. The van der Waals surface area contributed by atoms with Crippen LogP contribution in [-0.2, 0) is 6.18 Å². The number of nitrogens with one attached hydrogen (secondary N) is 2. The van der Waals surface area contributed by atoms with Crippen molar-refractivity contribution in [1.82, 2.24) is 14.6 Å². The fraction of sp³-hybridized carbons (Fsp3) is 0.190. The number of aliphatic hydroxyl groups is 1. The molecule has 1 unspecified atom stereocenters. The summed E-state index contributed by atoms with van der Waals surface area (Å²) in [5.74, 6) is -0.410. The van der Waals surface area contributed by atoms with Gasteiger partial charge in [0, 0.05) is 17.4 Å². The van der Waals surface area contributed by atoms with E-state index in [1.165, 1.54) is 23.9 Å². The van der Waals surface area contributed by atoms with Gasteiger partial charge in [0.2, 0.25) is 5.95 Å². The zero-order valence-corrected chi connectivity index (χ0v) is 16.9. The van der Waals surface area contributed by atoms with Crippen molar-refractivity contribution in [3.8, 4) is 0 Å². The van der Waals surface area contributed by atoms with Gasteiger partial charge in [-0.15, -0.1) is 0 Å². The molecule has 0 saturated heterocycles. The zero-order chi connectivity index (χ0) is 23.0. The van der Waals surface area contributed by atoms with Crippen LogP contribution in [0.1, 0.15) is 29.7 Å². The number of aliphatic hydroxyl groups excluding tert-OH is 1. The lowest BCUT2D eigenvalue weighted by Gasteiger charge is -2.15. The van der Waals surface area contributed by atoms with Crippen molar-refractivity contribution >= 4 is 28.6 Å². The van der Waals surface area contributed by atoms with Gasteiger partial charge >= 0.3 is 11.9 Å². The lowest BCUT2D eigenvalue weighted by atomic mass is 10.1. The number of nitrogens with zero attached hydrogens (tertiary/aromatic N) is 3. The maximum Gasteiger partial charge on any atom is 0.439 e. The summed E-state index contributed by atoms with van der Waals surface area (Å²) in [5.41, 5.74) is 3.53. The number of benzene rings is 2. The van der Waals surface area contributed by atoms with Crippen LogP contribution in [-0.4, -0.2) is 19.8 Å². The van der Waals surface area contributed by atoms with Gasteiger partial charge in [0.15, 0.2) is 11.4 Å². The summed E-state index contributed by atoms with van der Waals surface area (Å²) in [6, 6.07) is 9.95. The minimum atomic E-state index is -4.59. The number of alkyl halides is 3. The number of aryl methyl sites for hydroxylation is 1. The highest BCUT2D eigenvalue weighted by molar-refractivity contribution is 5.73. The number of anilines is 3. The quantitative estimate of drug-likeness (QED) is 0.419. The molecule has 0 aliphatic carbocycles. The molecule has 1 atom stereocenters. The molecule has 0 aliphatic heterocycles. The number of aromatic nitrogens is 3. The van der Waals surface area contributed by atoms with E-state index in [0.29, 0.717) is 16.7 Å². The number of para-hydroxylation sites is 2. The van der Waals surface area contributed by atoms with Gasteiger partial charge in [-0.1, -0.05) is 12.1 Å². The third-order valence-electron chi connectivity index (χ3n) is 4.70. The molecule has 3 N–H and O–H groups in total. The van der Waals surface area contributed by atoms with Crippen LogP contribution >= 0.6 is 0 Å². The second-order valence-electron chi connectivity index (χ2n) is 7.15. The van der Waals surface area contributed by atoms with Crippen molar-refractivity contribution in [1.29, 1.82) is 0 Å². The van der Waals surface area contributed by atoms with Gasteiger partial charge in [0.1, 0.15) is 5.52 Å². The molecule has 0 fully saturated rings. The summed E-state index contributed by atoms with van der Waals surface area (Å²) in [7, 11) is 0. The third kappa shape index (κ3) is 4.28. The number of fused-ring (bicyclic) bond motifs is 1. The van der Waals surface area contributed by atoms with E-state index >= 15 is 0 Å². The van der Waals surface area contributed by atoms with Crippen LogP contribution in [0.3, 0.4) is 0 Å². The summed E-state index contributed by atoms with van der Waals surface area (Å²) >= 11 is 0. The first-order valence-electron chi connectivity index (χ1n) is 9.50. The molecule has 0 radical (unpaired) electrons. The van der Waals surface area contributed by atoms with Gasteiger partial charge in [-0.25, -0.2) is 9.78 Å². The number of halogens is 3. The van der Waals surface area contributed by atoms with Gasteiger partial charge in [0.25, 0.3) is 0 Å². The molecule has 8 nitrogen and oxygen atoms in total. The first-order valence-corrected chi connectivity index (χ1v) is 9.50. The molecular weight excluding hydrogens is 427 g/mol. The van der Waals surface area contributed by atoms with E-state index in [9.17, 15) is 23.1 Å². The van der Waals surface area contributed by atoms with Crippen LogP contribution in [0.5, 0.6) is 0 Å². The van der Waals surface area contributed by atoms with Gasteiger partial charge in [-0.3, -0.25) is 5.43 Å². The molecule has 11 heteroatoms. The van der Waals surface area contributed by atoms with Crippen LogP contribution in [0.4, 0.5) is 30.6 Å². The first-order chi connectivity index (χ1) is 15.1. The molecule has 4 rings (SSSR count). The number of hydrogen-bond acceptors (Lipinski definition) is 7. The Bertz CT molecular complexity index is 1340. The summed E-state index contributed by atoms with van der Waals surface area (Å²) in [5, 5.41) is 12.5. The number of hydrogen-bond donors (Lipinski definition) is 3. The molecule has 2 aromatic carbocycles. The molecule has 166 valence electrons. The fourth-order valence-electron chi connectivity index (χ4n) is 3.05. The summed E-state index contributed by atoms with van der Waals surface area (Å²) in [4.78, 5) is 20.6. The van der Waals surface area contributed by atoms with E-state index in [1.54, 1.807) is 31.2 Å². The van der Waals surface area contributed by atoms with Crippen molar-refractivity contribution in [3.05, 3.63) is 75.9 Å². The molecule has 0 spiro atoms.